The first kappa shape index (κ1) is 13.9. The van der Waals surface area contributed by atoms with Gasteiger partial charge in [0.05, 0.1) is 7.11 Å². The smallest absolute Gasteiger partial charge is 0.132 e. The second kappa shape index (κ2) is 6.59. The molecule has 2 aromatic carbocycles. The number of halogens is 1. The highest BCUT2D eigenvalue weighted by molar-refractivity contribution is 7.98. The molecule has 0 aliphatic rings. The molecular formula is C15H16FNOS. The van der Waals surface area contributed by atoms with Crippen LogP contribution in [0.15, 0.2) is 47.4 Å². The van der Waals surface area contributed by atoms with Gasteiger partial charge in [-0.1, -0.05) is 18.2 Å². The van der Waals surface area contributed by atoms with Crippen molar-refractivity contribution in [2.45, 2.75) is 17.2 Å². The lowest BCUT2D eigenvalue weighted by Gasteiger charge is -2.10. The fourth-order valence-corrected chi connectivity index (χ4v) is 2.87. The van der Waals surface area contributed by atoms with Crippen LogP contribution in [0.3, 0.4) is 0 Å². The van der Waals surface area contributed by atoms with E-state index in [1.165, 1.54) is 6.07 Å². The minimum atomic E-state index is -0.229. The lowest BCUT2D eigenvalue weighted by Crippen LogP contribution is -2.01. The summed E-state index contributed by atoms with van der Waals surface area (Å²) in [5, 5.41) is 0. The number of para-hydroxylation sites is 1. The molecule has 0 radical (unpaired) electrons. The molecule has 0 bridgehead atoms. The summed E-state index contributed by atoms with van der Waals surface area (Å²) in [5.74, 6) is 1.27. The SMILES string of the molecule is COc1ccccc1SCc1cc(F)ccc1CN. The van der Waals surface area contributed by atoms with E-state index in [1.807, 2.05) is 24.3 Å². The summed E-state index contributed by atoms with van der Waals surface area (Å²) in [6.07, 6.45) is 0. The van der Waals surface area contributed by atoms with Gasteiger partial charge in [-0.2, -0.15) is 0 Å². The molecule has 4 heteroatoms. The molecule has 0 fully saturated rings. The van der Waals surface area contributed by atoms with Gasteiger partial charge in [-0.3, -0.25) is 0 Å². The Hall–Kier alpha value is -1.52. The zero-order valence-electron chi connectivity index (χ0n) is 10.7. The lowest BCUT2D eigenvalue weighted by atomic mass is 10.1. The highest BCUT2D eigenvalue weighted by atomic mass is 32.2. The van der Waals surface area contributed by atoms with Gasteiger partial charge in [-0.25, -0.2) is 4.39 Å². The van der Waals surface area contributed by atoms with Crippen LogP contribution < -0.4 is 10.5 Å². The van der Waals surface area contributed by atoms with E-state index in [2.05, 4.69) is 0 Å². The summed E-state index contributed by atoms with van der Waals surface area (Å²) >= 11 is 1.62. The maximum absolute atomic E-state index is 13.3. The monoisotopic (exact) mass is 277 g/mol. The van der Waals surface area contributed by atoms with E-state index in [-0.39, 0.29) is 5.82 Å². The molecule has 0 amide bonds. The highest BCUT2D eigenvalue weighted by Gasteiger charge is 2.06. The van der Waals surface area contributed by atoms with Crippen molar-refractivity contribution in [1.82, 2.24) is 0 Å². The predicted molar refractivity (Wildman–Crippen MR) is 76.8 cm³/mol. The minimum absolute atomic E-state index is 0.229. The summed E-state index contributed by atoms with van der Waals surface area (Å²) < 4.78 is 18.6. The Morgan fingerprint density at radius 2 is 1.95 bits per heavy atom. The van der Waals surface area contributed by atoms with Crippen LogP contribution in [0.2, 0.25) is 0 Å². The molecule has 0 aliphatic carbocycles. The molecule has 0 atom stereocenters. The molecule has 2 N–H and O–H groups in total. The van der Waals surface area contributed by atoms with E-state index < -0.39 is 0 Å². The van der Waals surface area contributed by atoms with Crippen LogP contribution >= 0.6 is 11.8 Å². The molecule has 0 heterocycles. The van der Waals surface area contributed by atoms with Gasteiger partial charge >= 0.3 is 0 Å². The molecule has 0 spiro atoms. The molecule has 2 rings (SSSR count). The largest absolute Gasteiger partial charge is 0.496 e. The zero-order valence-corrected chi connectivity index (χ0v) is 11.5. The van der Waals surface area contributed by atoms with Crippen molar-refractivity contribution in [3.8, 4) is 5.75 Å². The second-order valence-electron chi connectivity index (χ2n) is 4.06. The second-order valence-corrected chi connectivity index (χ2v) is 5.07. The number of nitrogens with two attached hydrogens (primary N) is 1. The van der Waals surface area contributed by atoms with E-state index in [0.717, 1.165) is 21.8 Å². The molecule has 0 saturated heterocycles. The van der Waals surface area contributed by atoms with Crippen LogP contribution in [-0.4, -0.2) is 7.11 Å². The Morgan fingerprint density at radius 1 is 1.16 bits per heavy atom. The number of benzene rings is 2. The average molecular weight is 277 g/mol. The first-order chi connectivity index (χ1) is 9.24. The number of methoxy groups -OCH3 is 1. The van der Waals surface area contributed by atoms with Gasteiger partial charge in [0.25, 0.3) is 0 Å². The van der Waals surface area contributed by atoms with E-state index in [0.29, 0.717) is 12.3 Å². The van der Waals surface area contributed by atoms with Gasteiger partial charge in [0.15, 0.2) is 0 Å². The van der Waals surface area contributed by atoms with Crippen LogP contribution in [-0.2, 0) is 12.3 Å². The van der Waals surface area contributed by atoms with Gasteiger partial charge in [0.1, 0.15) is 11.6 Å². The van der Waals surface area contributed by atoms with Gasteiger partial charge < -0.3 is 10.5 Å². The van der Waals surface area contributed by atoms with Crippen molar-refractivity contribution < 1.29 is 9.13 Å². The Balaban J connectivity index is 2.16. The van der Waals surface area contributed by atoms with Crippen LogP contribution in [0.5, 0.6) is 5.75 Å². The van der Waals surface area contributed by atoms with Crippen molar-refractivity contribution in [3.63, 3.8) is 0 Å². The van der Waals surface area contributed by atoms with Gasteiger partial charge in [0, 0.05) is 17.2 Å². The van der Waals surface area contributed by atoms with Crippen molar-refractivity contribution in [1.29, 1.82) is 0 Å². The molecule has 0 aliphatic heterocycles. The summed E-state index contributed by atoms with van der Waals surface area (Å²) in [6.45, 7) is 0.419. The number of hydrogen-bond acceptors (Lipinski definition) is 3. The standard InChI is InChI=1S/C15H16FNOS/c1-18-14-4-2-3-5-15(14)19-10-12-8-13(16)7-6-11(12)9-17/h2-8H,9-10,17H2,1H3. The van der Waals surface area contributed by atoms with Gasteiger partial charge in [0.2, 0.25) is 0 Å². The van der Waals surface area contributed by atoms with Gasteiger partial charge in [-0.05, 0) is 35.4 Å². The van der Waals surface area contributed by atoms with Crippen LogP contribution in [0, 0.1) is 5.82 Å². The Morgan fingerprint density at radius 3 is 2.68 bits per heavy atom. The molecule has 2 nitrogen and oxygen atoms in total. The van der Waals surface area contributed by atoms with E-state index in [4.69, 9.17) is 10.5 Å². The van der Waals surface area contributed by atoms with E-state index in [1.54, 1.807) is 31.0 Å². The summed E-state index contributed by atoms with van der Waals surface area (Å²) in [6, 6.07) is 12.5. The van der Waals surface area contributed by atoms with Gasteiger partial charge in [-0.15, -0.1) is 11.8 Å². The molecular weight excluding hydrogens is 261 g/mol. The Kier molecular flexibility index (Phi) is 4.82. The number of rotatable bonds is 5. The average Bonchev–Trinajstić information content (AvgIpc) is 2.45. The van der Waals surface area contributed by atoms with Crippen molar-refractivity contribution in [2.75, 3.05) is 7.11 Å². The quantitative estimate of drug-likeness (QED) is 0.848. The zero-order chi connectivity index (χ0) is 13.7. The van der Waals surface area contributed by atoms with Crippen LogP contribution in [0.1, 0.15) is 11.1 Å². The molecule has 0 unspecified atom stereocenters. The fraction of sp³-hybridized carbons (Fsp3) is 0.200. The topological polar surface area (TPSA) is 35.2 Å². The maximum Gasteiger partial charge on any atom is 0.132 e. The third-order valence-electron chi connectivity index (χ3n) is 2.84. The minimum Gasteiger partial charge on any atom is -0.496 e. The summed E-state index contributed by atoms with van der Waals surface area (Å²) in [5.41, 5.74) is 7.57. The maximum atomic E-state index is 13.3. The third-order valence-corrected chi connectivity index (χ3v) is 3.94. The first-order valence-corrected chi connectivity index (χ1v) is 6.96. The number of thioether (sulfide) groups is 1. The van der Waals surface area contributed by atoms with Crippen molar-refractivity contribution >= 4 is 11.8 Å². The molecule has 0 aromatic heterocycles. The van der Waals surface area contributed by atoms with Crippen molar-refractivity contribution in [2.24, 2.45) is 5.73 Å². The normalized spacial score (nSPS) is 10.5. The lowest BCUT2D eigenvalue weighted by molar-refractivity contribution is 0.405. The number of hydrogen-bond donors (Lipinski definition) is 1. The van der Waals surface area contributed by atoms with E-state index >= 15 is 0 Å². The third kappa shape index (κ3) is 3.49. The molecule has 19 heavy (non-hydrogen) atoms. The molecule has 2 aromatic rings. The first-order valence-electron chi connectivity index (χ1n) is 5.97. The summed E-state index contributed by atoms with van der Waals surface area (Å²) in [7, 11) is 1.65. The van der Waals surface area contributed by atoms with Crippen molar-refractivity contribution in [3.05, 3.63) is 59.4 Å². The van der Waals surface area contributed by atoms with E-state index in [9.17, 15) is 4.39 Å². The Labute approximate surface area is 116 Å². The Bertz CT molecular complexity index is 560. The molecule has 0 saturated carbocycles. The van der Waals surface area contributed by atoms with Crippen LogP contribution in [0.4, 0.5) is 4.39 Å². The fourth-order valence-electron chi connectivity index (χ4n) is 1.82. The predicted octanol–water partition coefficient (Wildman–Crippen LogP) is 3.59. The molecule has 100 valence electrons. The number of ether oxygens (including phenoxy) is 1. The van der Waals surface area contributed by atoms with Crippen LogP contribution in [0.25, 0.3) is 0 Å². The summed E-state index contributed by atoms with van der Waals surface area (Å²) in [4.78, 5) is 1.04. The highest BCUT2D eigenvalue weighted by Crippen LogP contribution is 2.32.